The molecule has 6 unspecified atom stereocenters. The third-order valence-electron chi connectivity index (χ3n) is 7.14. The predicted octanol–water partition coefficient (Wildman–Crippen LogP) is 4.01. The van der Waals surface area contributed by atoms with Gasteiger partial charge in [0.05, 0.1) is 19.8 Å². The van der Waals surface area contributed by atoms with Crippen molar-refractivity contribution in [3.63, 3.8) is 0 Å². The maximum Gasteiger partial charge on any atom is 0.397 e. The van der Waals surface area contributed by atoms with Crippen molar-refractivity contribution in [1.82, 2.24) is 0 Å². The Morgan fingerprint density at radius 1 is 0.860 bits per heavy atom. The summed E-state index contributed by atoms with van der Waals surface area (Å²) in [6, 6.07) is 0. The largest absolute Gasteiger partial charge is 0.457 e. The fourth-order valence-electron chi connectivity index (χ4n) is 4.65. The zero-order valence-electron chi connectivity index (χ0n) is 26.0. The number of hydrogen-bond acceptors (Lipinski definition) is 11. The van der Waals surface area contributed by atoms with Crippen molar-refractivity contribution in [3.05, 3.63) is 12.2 Å². The molecular formula is C30H56O12S. The molecule has 0 aliphatic carbocycles. The van der Waals surface area contributed by atoms with E-state index < -0.39 is 59.8 Å². The molecule has 0 spiro atoms. The number of carbonyl (C=O) groups is 1. The standard InChI is InChI=1S/C30H56O12S/c1-3-5-7-9-10-11-12-13-14-15-16-18-20-38-22-24(40-26(32)19-17-8-6-4-2)23-39-30-28(34)29(42-43(35,36)37)27(33)25(21-31)41-30/h9-10,24-25,27-31,33-34H,3-8,11-23H2,1-2H3,(H,35,36,37)/b10-9-. The molecular weight excluding hydrogens is 584 g/mol. The Morgan fingerprint density at radius 3 is 2.14 bits per heavy atom. The van der Waals surface area contributed by atoms with Crippen LogP contribution in [0.25, 0.3) is 0 Å². The van der Waals surface area contributed by atoms with Gasteiger partial charge in [-0.2, -0.15) is 8.42 Å². The van der Waals surface area contributed by atoms with E-state index in [-0.39, 0.29) is 19.6 Å². The lowest BCUT2D eigenvalue weighted by molar-refractivity contribution is -0.301. The van der Waals surface area contributed by atoms with Gasteiger partial charge in [-0.15, -0.1) is 0 Å². The van der Waals surface area contributed by atoms with Gasteiger partial charge in [0.15, 0.2) is 6.29 Å². The van der Waals surface area contributed by atoms with Gasteiger partial charge in [-0.25, -0.2) is 4.18 Å². The molecule has 0 saturated carbocycles. The summed E-state index contributed by atoms with van der Waals surface area (Å²) < 4.78 is 58.1. The molecule has 0 aromatic rings. The Bertz CT molecular complexity index is 837. The highest BCUT2D eigenvalue weighted by atomic mass is 32.3. The molecule has 254 valence electrons. The highest BCUT2D eigenvalue weighted by Crippen LogP contribution is 2.26. The van der Waals surface area contributed by atoms with Crippen molar-refractivity contribution in [2.24, 2.45) is 0 Å². The minimum atomic E-state index is -5.04. The first-order valence-electron chi connectivity index (χ1n) is 15.9. The predicted molar refractivity (Wildman–Crippen MR) is 161 cm³/mol. The van der Waals surface area contributed by atoms with Crippen molar-refractivity contribution < 1.29 is 56.2 Å². The summed E-state index contributed by atoms with van der Waals surface area (Å²) in [7, 11) is -5.04. The van der Waals surface area contributed by atoms with E-state index in [4.69, 9.17) is 23.5 Å². The molecule has 13 heteroatoms. The molecule has 1 aliphatic rings. The minimum absolute atomic E-state index is 0.0326. The van der Waals surface area contributed by atoms with Gasteiger partial charge < -0.3 is 34.3 Å². The fourth-order valence-corrected chi connectivity index (χ4v) is 5.16. The van der Waals surface area contributed by atoms with Crippen LogP contribution in [0, 0.1) is 0 Å². The Hall–Kier alpha value is -1.16. The number of rotatable bonds is 26. The first-order chi connectivity index (χ1) is 20.6. The van der Waals surface area contributed by atoms with E-state index in [2.05, 4.69) is 30.2 Å². The second kappa shape index (κ2) is 24.1. The Morgan fingerprint density at radius 2 is 1.49 bits per heavy atom. The second-order valence-electron chi connectivity index (χ2n) is 11.0. The Balaban J connectivity index is 2.52. The fraction of sp³-hybridized carbons (Fsp3) is 0.900. The number of ether oxygens (including phenoxy) is 4. The number of hydrogen-bond donors (Lipinski definition) is 4. The molecule has 0 radical (unpaired) electrons. The Kier molecular flexibility index (Phi) is 22.4. The monoisotopic (exact) mass is 640 g/mol. The van der Waals surface area contributed by atoms with Crippen LogP contribution in [-0.2, 0) is 38.3 Å². The van der Waals surface area contributed by atoms with Crippen LogP contribution in [0.3, 0.4) is 0 Å². The number of aliphatic hydroxyl groups excluding tert-OH is 3. The maximum absolute atomic E-state index is 12.4. The van der Waals surface area contributed by atoms with Crippen molar-refractivity contribution in [2.45, 2.75) is 147 Å². The van der Waals surface area contributed by atoms with Crippen LogP contribution in [0.4, 0.5) is 0 Å². The van der Waals surface area contributed by atoms with Crippen molar-refractivity contribution in [3.8, 4) is 0 Å². The van der Waals surface area contributed by atoms with Gasteiger partial charge in [0.1, 0.15) is 30.5 Å². The van der Waals surface area contributed by atoms with Crippen LogP contribution >= 0.6 is 0 Å². The van der Waals surface area contributed by atoms with E-state index in [9.17, 15) is 28.5 Å². The summed E-state index contributed by atoms with van der Waals surface area (Å²) >= 11 is 0. The molecule has 6 atom stereocenters. The van der Waals surface area contributed by atoms with E-state index in [1.165, 1.54) is 38.5 Å². The van der Waals surface area contributed by atoms with Gasteiger partial charge in [0.2, 0.25) is 0 Å². The van der Waals surface area contributed by atoms with Gasteiger partial charge >= 0.3 is 16.4 Å². The number of allylic oxidation sites excluding steroid dienone is 2. The lowest BCUT2D eigenvalue weighted by Crippen LogP contribution is -2.60. The van der Waals surface area contributed by atoms with Crippen LogP contribution in [0.2, 0.25) is 0 Å². The first kappa shape index (κ1) is 39.9. The van der Waals surface area contributed by atoms with Crippen molar-refractivity contribution >= 4 is 16.4 Å². The molecule has 0 aromatic heterocycles. The van der Waals surface area contributed by atoms with Gasteiger partial charge in [-0.05, 0) is 32.1 Å². The van der Waals surface area contributed by atoms with Crippen molar-refractivity contribution in [1.29, 1.82) is 0 Å². The lowest BCUT2D eigenvalue weighted by atomic mass is 9.99. The minimum Gasteiger partial charge on any atom is -0.457 e. The summed E-state index contributed by atoms with van der Waals surface area (Å²) in [5.41, 5.74) is 0. The van der Waals surface area contributed by atoms with Crippen LogP contribution in [0.15, 0.2) is 12.2 Å². The molecule has 1 saturated heterocycles. The third-order valence-corrected chi connectivity index (χ3v) is 7.60. The summed E-state index contributed by atoms with van der Waals surface area (Å²) in [5, 5.41) is 30.2. The highest BCUT2D eigenvalue weighted by molar-refractivity contribution is 7.80. The van der Waals surface area contributed by atoms with Crippen LogP contribution < -0.4 is 0 Å². The summed E-state index contributed by atoms with van der Waals surface area (Å²) in [4.78, 5) is 12.4. The quantitative estimate of drug-likeness (QED) is 0.0463. The average Bonchev–Trinajstić information content (AvgIpc) is 2.96. The van der Waals surface area contributed by atoms with Gasteiger partial charge in [-0.1, -0.05) is 83.8 Å². The van der Waals surface area contributed by atoms with E-state index in [0.29, 0.717) is 13.0 Å². The molecule has 0 aromatic carbocycles. The first-order valence-corrected chi connectivity index (χ1v) is 17.3. The maximum atomic E-state index is 12.4. The van der Waals surface area contributed by atoms with E-state index >= 15 is 0 Å². The number of unbranched alkanes of at least 4 members (excludes halogenated alkanes) is 11. The molecule has 43 heavy (non-hydrogen) atoms. The SMILES string of the molecule is CCCC/C=C\CCCCCCCCOCC(COC1OC(CO)C(O)C(OS(=O)(=O)O)C1O)OC(=O)CCCCCC. The van der Waals surface area contributed by atoms with Gasteiger partial charge in [0, 0.05) is 13.0 Å². The molecule has 4 N–H and O–H groups in total. The molecule has 1 fully saturated rings. The highest BCUT2D eigenvalue weighted by Gasteiger charge is 2.48. The average molecular weight is 641 g/mol. The van der Waals surface area contributed by atoms with Crippen LogP contribution in [0.1, 0.15) is 110 Å². The number of esters is 1. The smallest absolute Gasteiger partial charge is 0.397 e. The van der Waals surface area contributed by atoms with E-state index in [1.54, 1.807) is 0 Å². The van der Waals surface area contributed by atoms with Gasteiger partial charge in [0.25, 0.3) is 0 Å². The lowest BCUT2D eigenvalue weighted by Gasteiger charge is -2.41. The van der Waals surface area contributed by atoms with E-state index in [1.807, 2.05) is 0 Å². The number of carbonyl (C=O) groups excluding carboxylic acids is 1. The Labute approximate surface area is 258 Å². The van der Waals surface area contributed by atoms with Crippen molar-refractivity contribution in [2.75, 3.05) is 26.4 Å². The molecule has 1 heterocycles. The third kappa shape index (κ3) is 19.1. The normalized spacial score (nSPS) is 23.5. The topological polar surface area (TPSA) is 178 Å². The zero-order valence-corrected chi connectivity index (χ0v) is 26.8. The van der Waals surface area contributed by atoms with E-state index in [0.717, 1.165) is 44.9 Å². The second-order valence-corrected chi connectivity index (χ2v) is 12.1. The summed E-state index contributed by atoms with van der Waals surface area (Å²) in [6.07, 6.45) is 10.5. The molecule has 1 rings (SSSR count). The zero-order chi connectivity index (χ0) is 31.9. The summed E-state index contributed by atoms with van der Waals surface area (Å²) in [5.74, 6) is -0.421. The van der Waals surface area contributed by atoms with Gasteiger partial charge in [-0.3, -0.25) is 9.35 Å². The number of aliphatic hydroxyl groups is 3. The molecule has 1 aliphatic heterocycles. The molecule has 0 amide bonds. The van der Waals surface area contributed by atoms with Crippen LogP contribution in [-0.4, -0.2) is 97.5 Å². The van der Waals surface area contributed by atoms with Crippen LogP contribution in [0.5, 0.6) is 0 Å². The molecule has 12 nitrogen and oxygen atoms in total. The summed E-state index contributed by atoms with van der Waals surface area (Å²) in [6.45, 7) is 3.76. The molecule has 0 bridgehead atoms.